The quantitative estimate of drug-likeness (QED) is 0.830. The molecule has 0 atom stereocenters. The van der Waals surface area contributed by atoms with E-state index in [0.29, 0.717) is 5.16 Å². The summed E-state index contributed by atoms with van der Waals surface area (Å²) in [4.78, 5) is 11.8. The van der Waals surface area contributed by atoms with Crippen molar-refractivity contribution in [1.82, 2.24) is 14.8 Å². The standard InChI is InChI=1S/C12H15N3O2S2/c1-3-5-15-11(10-8(2)4-6-18-10)13-14-12(15)19-7-9(16)17/h4,6H,3,5,7H2,1-2H3,(H,16,17). The highest BCUT2D eigenvalue weighted by Crippen LogP contribution is 2.30. The van der Waals surface area contributed by atoms with Gasteiger partial charge in [-0.05, 0) is 30.4 Å². The summed E-state index contributed by atoms with van der Waals surface area (Å²) in [5.74, 6) is -0.00205. The van der Waals surface area contributed by atoms with Gasteiger partial charge in [0.25, 0.3) is 0 Å². The molecule has 1 N–H and O–H groups in total. The maximum Gasteiger partial charge on any atom is 0.313 e. The molecule has 0 saturated carbocycles. The Bertz CT molecular complexity index is 577. The lowest BCUT2D eigenvalue weighted by atomic mass is 10.3. The van der Waals surface area contributed by atoms with Crippen molar-refractivity contribution in [3.63, 3.8) is 0 Å². The Morgan fingerprint density at radius 1 is 1.53 bits per heavy atom. The lowest BCUT2D eigenvalue weighted by Crippen LogP contribution is -2.04. The van der Waals surface area contributed by atoms with E-state index in [1.165, 1.54) is 17.3 Å². The Morgan fingerprint density at radius 2 is 2.32 bits per heavy atom. The number of rotatable bonds is 6. The zero-order chi connectivity index (χ0) is 13.8. The number of thioether (sulfide) groups is 1. The molecule has 5 nitrogen and oxygen atoms in total. The van der Waals surface area contributed by atoms with Gasteiger partial charge in [-0.3, -0.25) is 4.79 Å². The predicted molar refractivity (Wildman–Crippen MR) is 76.7 cm³/mol. The average Bonchev–Trinajstić information content (AvgIpc) is 2.94. The first-order valence-corrected chi connectivity index (χ1v) is 7.82. The molecule has 0 aliphatic rings. The smallest absolute Gasteiger partial charge is 0.313 e. The molecule has 2 heterocycles. The molecule has 0 aliphatic heterocycles. The topological polar surface area (TPSA) is 68.0 Å². The van der Waals surface area contributed by atoms with E-state index in [0.717, 1.165) is 23.7 Å². The van der Waals surface area contributed by atoms with Crippen LogP contribution in [0.2, 0.25) is 0 Å². The van der Waals surface area contributed by atoms with Crippen molar-refractivity contribution in [2.24, 2.45) is 0 Å². The van der Waals surface area contributed by atoms with Crippen LogP contribution >= 0.6 is 23.1 Å². The average molecular weight is 297 g/mol. The van der Waals surface area contributed by atoms with Gasteiger partial charge in [0, 0.05) is 6.54 Å². The minimum absolute atomic E-state index is 0.00523. The van der Waals surface area contributed by atoms with Crippen LogP contribution in [-0.2, 0) is 11.3 Å². The number of carboxylic acid groups (broad SMARTS) is 1. The molecule has 19 heavy (non-hydrogen) atoms. The summed E-state index contributed by atoms with van der Waals surface area (Å²) in [6.07, 6.45) is 0.954. The highest BCUT2D eigenvalue weighted by atomic mass is 32.2. The lowest BCUT2D eigenvalue weighted by molar-refractivity contribution is -0.133. The van der Waals surface area contributed by atoms with Crippen molar-refractivity contribution >= 4 is 29.1 Å². The number of carboxylic acids is 1. The van der Waals surface area contributed by atoms with Crippen molar-refractivity contribution in [2.75, 3.05) is 5.75 Å². The summed E-state index contributed by atoms with van der Waals surface area (Å²) in [5.41, 5.74) is 1.17. The molecule has 0 unspecified atom stereocenters. The summed E-state index contributed by atoms with van der Waals surface area (Å²) in [6.45, 7) is 4.92. The van der Waals surface area contributed by atoms with Crippen LogP contribution < -0.4 is 0 Å². The van der Waals surface area contributed by atoms with E-state index < -0.39 is 5.97 Å². The second kappa shape index (κ2) is 6.21. The third-order valence-corrected chi connectivity index (χ3v) is 4.52. The number of hydrogen-bond donors (Lipinski definition) is 1. The van der Waals surface area contributed by atoms with Crippen LogP contribution in [0.3, 0.4) is 0 Å². The lowest BCUT2D eigenvalue weighted by Gasteiger charge is -2.07. The van der Waals surface area contributed by atoms with E-state index in [-0.39, 0.29) is 5.75 Å². The van der Waals surface area contributed by atoms with Crippen molar-refractivity contribution in [3.05, 3.63) is 17.0 Å². The molecule has 0 fully saturated rings. The van der Waals surface area contributed by atoms with Gasteiger partial charge in [0.15, 0.2) is 11.0 Å². The van der Waals surface area contributed by atoms with Gasteiger partial charge in [0.1, 0.15) is 0 Å². The van der Waals surface area contributed by atoms with E-state index in [4.69, 9.17) is 5.11 Å². The van der Waals surface area contributed by atoms with Crippen LogP contribution in [0.15, 0.2) is 16.6 Å². The molecule has 0 aliphatic carbocycles. The maximum atomic E-state index is 10.7. The molecule has 2 rings (SSSR count). The number of aliphatic carboxylic acids is 1. The molecule has 0 radical (unpaired) electrons. The molecule has 0 bridgehead atoms. The minimum atomic E-state index is -0.843. The SMILES string of the molecule is CCCn1c(SCC(=O)O)nnc1-c1sccc1C. The molecule has 0 amide bonds. The molecular formula is C12H15N3O2S2. The summed E-state index contributed by atoms with van der Waals surface area (Å²) >= 11 is 2.84. The van der Waals surface area contributed by atoms with E-state index in [1.807, 2.05) is 16.9 Å². The molecule has 2 aromatic rings. The number of aromatic nitrogens is 3. The normalized spacial score (nSPS) is 10.8. The minimum Gasteiger partial charge on any atom is -0.481 e. The van der Waals surface area contributed by atoms with Gasteiger partial charge in [0.2, 0.25) is 0 Å². The zero-order valence-electron chi connectivity index (χ0n) is 10.8. The Balaban J connectivity index is 2.34. The van der Waals surface area contributed by atoms with Crippen LogP contribution in [0, 0.1) is 6.92 Å². The zero-order valence-corrected chi connectivity index (χ0v) is 12.4. The number of nitrogens with zero attached hydrogens (tertiary/aromatic N) is 3. The van der Waals surface area contributed by atoms with Crippen molar-refractivity contribution in [3.8, 4) is 10.7 Å². The first-order valence-electron chi connectivity index (χ1n) is 5.95. The summed E-state index contributed by atoms with van der Waals surface area (Å²) < 4.78 is 2.01. The monoisotopic (exact) mass is 297 g/mol. The maximum absolute atomic E-state index is 10.7. The molecule has 0 aromatic carbocycles. The van der Waals surface area contributed by atoms with E-state index in [9.17, 15) is 4.79 Å². The van der Waals surface area contributed by atoms with E-state index in [2.05, 4.69) is 23.2 Å². The third kappa shape index (κ3) is 3.16. The molecule has 7 heteroatoms. The summed E-state index contributed by atoms with van der Waals surface area (Å²) in [7, 11) is 0. The van der Waals surface area contributed by atoms with Crippen LogP contribution in [0.5, 0.6) is 0 Å². The highest BCUT2D eigenvalue weighted by Gasteiger charge is 2.17. The predicted octanol–water partition coefficient (Wildman–Crippen LogP) is 2.90. The number of hydrogen-bond acceptors (Lipinski definition) is 5. The first kappa shape index (κ1) is 14.1. The van der Waals surface area contributed by atoms with Gasteiger partial charge < -0.3 is 9.67 Å². The molecule has 0 saturated heterocycles. The van der Waals surface area contributed by atoms with Crippen LogP contribution in [-0.4, -0.2) is 31.6 Å². The van der Waals surface area contributed by atoms with Gasteiger partial charge in [-0.25, -0.2) is 0 Å². The fourth-order valence-corrected chi connectivity index (χ4v) is 3.32. The van der Waals surface area contributed by atoms with Crippen molar-refractivity contribution < 1.29 is 9.90 Å². The molecule has 0 spiro atoms. The fraction of sp³-hybridized carbons (Fsp3) is 0.417. The van der Waals surface area contributed by atoms with Gasteiger partial charge >= 0.3 is 5.97 Å². The summed E-state index contributed by atoms with van der Waals surface area (Å²) in [5, 5.41) is 19.8. The largest absolute Gasteiger partial charge is 0.481 e. The van der Waals surface area contributed by atoms with Crippen LogP contribution in [0.4, 0.5) is 0 Å². The summed E-state index contributed by atoms with van der Waals surface area (Å²) in [6, 6.07) is 2.05. The van der Waals surface area contributed by atoms with Crippen LogP contribution in [0.25, 0.3) is 10.7 Å². The van der Waals surface area contributed by atoms with Gasteiger partial charge in [-0.15, -0.1) is 21.5 Å². The first-order chi connectivity index (χ1) is 9.13. The number of aryl methyl sites for hydroxylation is 1. The van der Waals surface area contributed by atoms with Gasteiger partial charge in [-0.2, -0.15) is 0 Å². The highest BCUT2D eigenvalue weighted by molar-refractivity contribution is 7.99. The molecule has 102 valence electrons. The molecular weight excluding hydrogens is 282 g/mol. The van der Waals surface area contributed by atoms with Gasteiger partial charge in [0.05, 0.1) is 10.6 Å². The Hall–Kier alpha value is -1.34. The second-order valence-corrected chi connectivity index (χ2v) is 5.93. The Labute approximate surface area is 119 Å². The van der Waals surface area contributed by atoms with Crippen molar-refractivity contribution in [2.45, 2.75) is 32.0 Å². The molecule has 2 aromatic heterocycles. The third-order valence-electron chi connectivity index (χ3n) is 2.55. The fourth-order valence-electron chi connectivity index (χ4n) is 1.72. The van der Waals surface area contributed by atoms with Crippen LogP contribution in [0.1, 0.15) is 18.9 Å². The number of carbonyl (C=O) groups is 1. The van der Waals surface area contributed by atoms with Gasteiger partial charge in [-0.1, -0.05) is 18.7 Å². The Morgan fingerprint density at radius 3 is 2.89 bits per heavy atom. The number of thiophene rings is 1. The van der Waals surface area contributed by atoms with Crippen molar-refractivity contribution in [1.29, 1.82) is 0 Å². The Kier molecular flexibility index (Phi) is 4.60. The van der Waals surface area contributed by atoms with E-state index in [1.54, 1.807) is 11.3 Å². The second-order valence-electron chi connectivity index (χ2n) is 4.07. The van der Waals surface area contributed by atoms with E-state index >= 15 is 0 Å².